The van der Waals surface area contributed by atoms with Gasteiger partial charge in [-0.25, -0.2) is 4.68 Å². The van der Waals surface area contributed by atoms with E-state index < -0.39 is 0 Å². The molecule has 0 atom stereocenters. The Kier molecular flexibility index (Phi) is 6.70. The number of piperidine rings is 1. The van der Waals surface area contributed by atoms with Gasteiger partial charge in [-0.1, -0.05) is 12.1 Å². The summed E-state index contributed by atoms with van der Waals surface area (Å²) in [6, 6.07) is 10.8. The Hall–Kier alpha value is -1.07. The topological polar surface area (TPSA) is 33.1 Å². The first kappa shape index (κ1) is 19.3. The van der Waals surface area contributed by atoms with E-state index in [1.807, 2.05) is 23.1 Å². The van der Waals surface area contributed by atoms with Crippen LogP contribution in [0.5, 0.6) is 0 Å². The Morgan fingerprint density at radius 1 is 1.04 bits per heavy atom. The highest BCUT2D eigenvalue weighted by atomic mass is 35.5. The first-order valence-corrected chi connectivity index (χ1v) is 8.35. The molecule has 0 unspecified atom stereocenters. The quantitative estimate of drug-likeness (QED) is 0.901. The normalized spacial score (nSPS) is 19.7. The van der Waals surface area contributed by atoms with Crippen LogP contribution in [0.4, 0.5) is 0 Å². The number of aromatic nitrogens is 2. The maximum absolute atomic E-state index is 4.28. The summed E-state index contributed by atoms with van der Waals surface area (Å²) >= 11 is 0. The van der Waals surface area contributed by atoms with Crippen molar-refractivity contribution < 1.29 is 0 Å². The Morgan fingerprint density at radius 2 is 1.79 bits per heavy atom. The van der Waals surface area contributed by atoms with Crippen LogP contribution in [0.3, 0.4) is 0 Å². The lowest BCUT2D eigenvalue weighted by atomic mass is 9.78. The Labute approximate surface area is 156 Å². The molecule has 2 saturated heterocycles. The summed E-state index contributed by atoms with van der Waals surface area (Å²) in [6.45, 7) is 6.00. The molecule has 24 heavy (non-hydrogen) atoms. The van der Waals surface area contributed by atoms with Crippen molar-refractivity contribution in [1.29, 1.82) is 0 Å². The van der Waals surface area contributed by atoms with Crippen molar-refractivity contribution in [3.8, 4) is 5.69 Å². The molecule has 132 valence electrons. The Balaban J connectivity index is 0.00000104. The van der Waals surface area contributed by atoms with E-state index in [1.54, 1.807) is 0 Å². The van der Waals surface area contributed by atoms with Gasteiger partial charge in [0.1, 0.15) is 0 Å². The summed E-state index contributed by atoms with van der Waals surface area (Å²) < 4.78 is 1.91. The van der Waals surface area contributed by atoms with Crippen molar-refractivity contribution in [1.82, 2.24) is 20.0 Å². The van der Waals surface area contributed by atoms with Gasteiger partial charge in [0.25, 0.3) is 0 Å². The summed E-state index contributed by atoms with van der Waals surface area (Å²) in [5.74, 6) is 0. The second kappa shape index (κ2) is 8.34. The second-order valence-electron chi connectivity index (χ2n) is 6.83. The zero-order valence-corrected chi connectivity index (χ0v) is 15.5. The van der Waals surface area contributed by atoms with Crippen LogP contribution in [0, 0.1) is 5.41 Å². The molecule has 4 nitrogen and oxygen atoms in total. The molecule has 0 bridgehead atoms. The van der Waals surface area contributed by atoms with Crippen LogP contribution >= 0.6 is 24.8 Å². The van der Waals surface area contributed by atoms with Crippen molar-refractivity contribution >= 4 is 24.8 Å². The van der Waals surface area contributed by atoms with Crippen LogP contribution < -0.4 is 5.32 Å². The van der Waals surface area contributed by atoms with Gasteiger partial charge in [-0.05, 0) is 68.1 Å². The Morgan fingerprint density at radius 3 is 2.46 bits per heavy atom. The maximum atomic E-state index is 4.28. The van der Waals surface area contributed by atoms with Crippen LogP contribution in [-0.2, 0) is 6.54 Å². The third-order valence-corrected chi connectivity index (χ3v) is 5.29. The number of benzene rings is 1. The summed E-state index contributed by atoms with van der Waals surface area (Å²) in [5.41, 5.74) is 3.13. The number of hydrogen-bond acceptors (Lipinski definition) is 3. The average Bonchev–Trinajstić information content (AvgIpc) is 3.20. The number of rotatable bonds is 3. The molecule has 1 aromatic heterocycles. The molecule has 1 aromatic carbocycles. The Bertz CT molecular complexity index is 606. The van der Waals surface area contributed by atoms with Gasteiger partial charge in [0, 0.05) is 25.5 Å². The lowest BCUT2D eigenvalue weighted by Crippen LogP contribution is -2.38. The summed E-state index contributed by atoms with van der Waals surface area (Å²) in [4.78, 5) is 2.63. The highest BCUT2D eigenvalue weighted by Gasteiger charge is 2.38. The fourth-order valence-electron chi connectivity index (χ4n) is 3.96. The molecule has 2 fully saturated rings. The van der Waals surface area contributed by atoms with Gasteiger partial charge < -0.3 is 5.32 Å². The van der Waals surface area contributed by atoms with Crippen LogP contribution in [-0.4, -0.2) is 40.9 Å². The molecule has 0 radical (unpaired) electrons. The summed E-state index contributed by atoms with van der Waals surface area (Å²) in [7, 11) is 0. The number of nitrogens with one attached hydrogen (secondary N) is 1. The third-order valence-electron chi connectivity index (χ3n) is 5.29. The van der Waals surface area contributed by atoms with Crippen molar-refractivity contribution in [2.24, 2.45) is 5.41 Å². The highest BCUT2D eigenvalue weighted by Crippen LogP contribution is 2.38. The zero-order valence-electron chi connectivity index (χ0n) is 13.9. The maximum Gasteiger partial charge on any atom is 0.0645 e. The van der Waals surface area contributed by atoms with Gasteiger partial charge in [-0.15, -0.1) is 24.8 Å². The van der Waals surface area contributed by atoms with Crippen LogP contribution in [0.25, 0.3) is 5.69 Å². The van der Waals surface area contributed by atoms with E-state index in [-0.39, 0.29) is 24.8 Å². The van der Waals surface area contributed by atoms with E-state index >= 15 is 0 Å². The van der Waals surface area contributed by atoms with Crippen molar-refractivity contribution in [3.05, 3.63) is 48.3 Å². The van der Waals surface area contributed by atoms with Gasteiger partial charge in [0.2, 0.25) is 0 Å². The molecule has 0 amide bonds. The first-order chi connectivity index (χ1) is 10.8. The minimum atomic E-state index is 0. The largest absolute Gasteiger partial charge is 0.317 e. The molecule has 0 aliphatic carbocycles. The van der Waals surface area contributed by atoms with Crippen LogP contribution in [0.1, 0.15) is 24.8 Å². The second-order valence-corrected chi connectivity index (χ2v) is 6.83. The first-order valence-electron chi connectivity index (χ1n) is 8.35. The van der Waals surface area contributed by atoms with E-state index in [4.69, 9.17) is 0 Å². The zero-order chi connectivity index (χ0) is 14.8. The molecule has 3 heterocycles. The van der Waals surface area contributed by atoms with E-state index in [9.17, 15) is 0 Å². The van der Waals surface area contributed by atoms with E-state index in [0.717, 1.165) is 12.2 Å². The van der Waals surface area contributed by atoms with Gasteiger partial charge in [-0.2, -0.15) is 5.10 Å². The molecule has 2 aromatic rings. The predicted molar refractivity (Wildman–Crippen MR) is 102 cm³/mol. The molecule has 4 rings (SSSR count). The molecule has 1 N–H and O–H groups in total. The SMILES string of the molecule is Cl.Cl.c1cnn(-c2ccc(CN3CCC4(CCNCC4)C3)cc2)c1. The van der Waals surface area contributed by atoms with Gasteiger partial charge in [-0.3, -0.25) is 4.90 Å². The van der Waals surface area contributed by atoms with Gasteiger partial charge in [0.05, 0.1) is 5.69 Å². The molecule has 1 spiro atoms. The van der Waals surface area contributed by atoms with E-state index in [2.05, 4.69) is 39.6 Å². The lowest BCUT2D eigenvalue weighted by Gasteiger charge is -2.33. The minimum absolute atomic E-state index is 0. The van der Waals surface area contributed by atoms with Gasteiger partial charge >= 0.3 is 0 Å². The average molecular weight is 369 g/mol. The summed E-state index contributed by atoms with van der Waals surface area (Å²) in [6.07, 6.45) is 7.87. The smallest absolute Gasteiger partial charge is 0.0645 e. The van der Waals surface area contributed by atoms with Gasteiger partial charge in [0.15, 0.2) is 0 Å². The van der Waals surface area contributed by atoms with Crippen molar-refractivity contribution in [2.45, 2.75) is 25.8 Å². The molecule has 0 saturated carbocycles. The molecular weight excluding hydrogens is 343 g/mol. The van der Waals surface area contributed by atoms with Crippen LogP contribution in [0.2, 0.25) is 0 Å². The van der Waals surface area contributed by atoms with E-state index in [1.165, 1.54) is 51.0 Å². The van der Waals surface area contributed by atoms with Crippen molar-refractivity contribution in [2.75, 3.05) is 26.2 Å². The van der Waals surface area contributed by atoms with E-state index in [0.29, 0.717) is 5.41 Å². The van der Waals surface area contributed by atoms with Crippen LogP contribution in [0.15, 0.2) is 42.7 Å². The number of likely N-dealkylation sites (tertiary alicyclic amines) is 1. The minimum Gasteiger partial charge on any atom is -0.317 e. The molecule has 2 aliphatic rings. The fourth-order valence-corrected chi connectivity index (χ4v) is 3.96. The molecule has 2 aliphatic heterocycles. The standard InChI is InChI=1S/C18H24N4.2ClH/c1-9-20-22(12-1)17-4-2-16(3-5-17)14-21-13-8-18(15-21)6-10-19-11-7-18;;/h1-5,9,12,19H,6-8,10-11,13-15H2;2*1H. The number of nitrogens with zero attached hydrogens (tertiary/aromatic N) is 3. The number of hydrogen-bond donors (Lipinski definition) is 1. The third kappa shape index (κ3) is 4.12. The monoisotopic (exact) mass is 368 g/mol. The lowest BCUT2D eigenvalue weighted by molar-refractivity contribution is 0.194. The highest BCUT2D eigenvalue weighted by molar-refractivity contribution is 5.85. The molecular formula is C18H26Cl2N4. The fraction of sp³-hybridized carbons (Fsp3) is 0.500. The summed E-state index contributed by atoms with van der Waals surface area (Å²) in [5, 5.41) is 7.77. The molecule has 6 heteroatoms. The predicted octanol–water partition coefficient (Wildman–Crippen LogP) is 3.29. The number of halogens is 2. The van der Waals surface area contributed by atoms with Crippen molar-refractivity contribution in [3.63, 3.8) is 0 Å².